The molecule has 2 aromatic carbocycles. The van der Waals surface area contributed by atoms with Crippen molar-refractivity contribution in [1.82, 2.24) is 9.88 Å². The lowest BCUT2D eigenvalue weighted by atomic mass is 9.89. The zero-order valence-electron chi connectivity index (χ0n) is 19.5. The van der Waals surface area contributed by atoms with Gasteiger partial charge >= 0.3 is 0 Å². The molecule has 0 aliphatic carbocycles. The number of pyridine rings is 1. The normalized spacial score (nSPS) is 21.0. The number of ether oxygens (including phenoxy) is 1. The highest BCUT2D eigenvalue weighted by Gasteiger charge is 2.28. The average molecular weight is 445 g/mol. The molecule has 2 saturated heterocycles. The Bertz CT molecular complexity index is 1180. The number of nitrogens with zero attached hydrogens (tertiary/aromatic N) is 3. The van der Waals surface area contributed by atoms with E-state index in [-0.39, 0.29) is 12.1 Å². The van der Waals surface area contributed by atoms with Crippen molar-refractivity contribution in [3.63, 3.8) is 0 Å². The highest BCUT2D eigenvalue weighted by Crippen LogP contribution is 2.40. The SMILES string of the molecule is CCC1CN(c2cc3cc(-c4c(C)cccc4C4CCCN4C=O)ccc3nc2N)CCO1. The smallest absolute Gasteiger partial charge is 0.210 e. The van der Waals surface area contributed by atoms with Crippen LogP contribution in [-0.4, -0.2) is 48.6 Å². The third kappa shape index (κ3) is 4.04. The molecule has 2 atom stereocenters. The second-order valence-electron chi connectivity index (χ2n) is 9.19. The van der Waals surface area contributed by atoms with E-state index in [1.165, 1.54) is 16.7 Å². The van der Waals surface area contributed by atoms with E-state index < -0.39 is 0 Å². The average Bonchev–Trinajstić information content (AvgIpc) is 3.32. The molecule has 33 heavy (non-hydrogen) atoms. The molecule has 2 unspecified atom stereocenters. The lowest BCUT2D eigenvalue weighted by Gasteiger charge is -2.34. The number of benzene rings is 2. The molecule has 1 amide bonds. The summed E-state index contributed by atoms with van der Waals surface area (Å²) < 4.78 is 5.84. The van der Waals surface area contributed by atoms with E-state index in [1.54, 1.807) is 0 Å². The number of hydrogen-bond acceptors (Lipinski definition) is 5. The van der Waals surface area contributed by atoms with E-state index in [1.807, 2.05) is 4.90 Å². The van der Waals surface area contributed by atoms with E-state index in [0.717, 1.165) is 67.5 Å². The fourth-order valence-electron chi connectivity index (χ4n) is 5.39. The maximum atomic E-state index is 11.7. The molecule has 2 N–H and O–H groups in total. The number of aryl methyl sites for hydroxylation is 1. The van der Waals surface area contributed by atoms with Crippen LogP contribution in [-0.2, 0) is 9.53 Å². The first-order chi connectivity index (χ1) is 16.1. The number of fused-ring (bicyclic) bond motifs is 1. The van der Waals surface area contributed by atoms with Gasteiger partial charge in [0.2, 0.25) is 6.41 Å². The summed E-state index contributed by atoms with van der Waals surface area (Å²) in [4.78, 5) is 20.6. The van der Waals surface area contributed by atoms with Gasteiger partial charge in [-0.15, -0.1) is 0 Å². The van der Waals surface area contributed by atoms with Gasteiger partial charge in [0.05, 0.1) is 30.0 Å². The summed E-state index contributed by atoms with van der Waals surface area (Å²) in [6.45, 7) is 7.48. The monoisotopic (exact) mass is 444 g/mol. The fraction of sp³-hybridized carbons (Fsp3) is 0.407. The number of morpholine rings is 1. The molecule has 0 radical (unpaired) electrons. The van der Waals surface area contributed by atoms with Crippen LogP contribution in [0.2, 0.25) is 0 Å². The number of carbonyl (C=O) groups is 1. The number of carbonyl (C=O) groups excluding carboxylic acids is 1. The summed E-state index contributed by atoms with van der Waals surface area (Å²) in [5.41, 5.74) is 13.1. The molecule has 3 heterocycles. The van der Waals surface area contributed by atoms with E-state index >= 15 is 0 Å². The summed E-state index contributed by atoms with van der Waals surface area (Å²) in [6, 6.07) is 15.1. The number of rotatable bonds is 5. The molecule has 2 aliphatic heterocycles. The van der Waals surface area contributed by atoms with Gasteiger partial charge in [0, 0.05) is 25.0 Å². The van der Waals surface area contributed by atoms with Gasteiger partial charge in [0.25, 0.3) is 0 Å². The summed E-state index contributed by atoms with van der Waals surface area (Å²) in [7, 11) is 0. The van der Waals surface area contributed by atoms with Gasteiger partial charge in [-0.05, 0) is 66.6 Å². The molecule has 5 rings (SSSR count). The Morgan fingerprint density at radius 2 is 2.09 bits per heavy atom. The Morgan fingerprint density at radius 1 is 1.21 bits per heavy atom. The van der Waals surface area contributed by atoms with Gasteiger partial charge < -0.3 is 20.3 Å². The minimum Gasteiger partial charge on any atom is -0.382 e. The predicted molar refractivity (Wildman–Crippen MR) is 133 cm³/mol. The summed E-state index contributed by atoms with van der Waals surface area (Å²) >= 11 is 0. The standard InChI is InChI=1S/C27H32N4O2/c1-3-21-16-30(12-13-33-21)25-15-20-14-19(9-10-23(20)29-27(25)28)26-18(2)6-4-7-22(26)24-8-5-11-31(24)17-32/h4,6-7,9-10,14-15,17,21,24H,3,5,8,11-13,16H2,1-2H3,(H2,28,29). The summed E-state index contributed by atoms with van der Waals surface area (Å²) in [6.07, 6.45) is 4.24. The van der Waals surface area contributed by atoms with Crippen molar-refractivity contribution in [3.8, 4) is 11.1 Å². The second-order valence-corrected chi connectivity index (χ2v) is 9.19. The topological polar surface area (TPSA) is 71.7 Å². The maximum absolute atomic E-state index is 11.7. The molecule has 6 heteroatoms. The van der Waals surface area contributed by atoms with Gasteiger partial charge in [-0.3, -0.25) is 4.79 Å². The Kier molecular flexibility index (Phi) is 5.94. The van der Waals surface area contributed by atoms with E-state index in [4.69, 9.17) is 15.5 Å². The van der Waals surface area contributed by atoms with Gasteiger partial charge in [0.1, 0.15) is 5.82 Å². The molecule has 0 saturated carbocycles. The Balaban J connectivity index is 1.58. The molecule has 1 aromatic heterocycles. The highest BCUT2D eigenvalue weighted by atomic mass is 16.5. The number of aromatic nitrogens is 1. The highest BCUT2D eigenvalue weighted by molar-refractivity contribution is 5.91. The fourth-order valence-corrected chi connectivity index (χ4v) is 5.39. The van der Waals surface area contributed by atoms with Gasteiger partial charge in [0.15, 0.2) is 0 Å². The molecule has 0 spiro atoms. The van der Waals surface area contributed by atoms with Gasteiger partial charge in [-0.1, -0.05) is 31.2 Å². The van der Waals surface area contributed by atoms with Crippen molar-refractivity contribution in [2.24, 2.45) is 0 Å². The second kappa shape index (κ2) is 9.02. The minimum atomic E-state index is 0.132. The van der Waals surface area contributed by atoms with Crippen molar-refractivity contribution < 1.29 is 9.53 Å². The van der Waals surface area contributed by atoms with Crippen LogP contribution in [0.25, 0.3) is 22.0 Å². The first kappa shape index (κ1) is 21.7. The molecule has 0 bridgehead atoms. The molecule has 172 valence electrons. The van der Waals surface area contributed by atoms with Crippen LogP contribution >= 0.6 is 0 Å². The van der Waals surface area contributed by atoms with E-state index in [9.17, 15) is 4.79 Å². The Morgan fingerprint density at radius 3 is 2.91 bits per heavy atom. The quantitative estimate of drug-likeness (QED) is 0.578. The molecular formula is C27H32N4O2. The Hall–Kier alpha value is -3.12. The zero-order chi connectivity index (χ0) is 22.9. The Labute approximate surface area is 195 Å². The van der Waals surface area contributed by atoms with Crippen molar-refractivity contribution >= 4 is 28.8 Å². The van der Waals surface area contributed by atoms with Crippen LogP contribution in [0.4, 0.5) is 11.5 Å². The van der Waals surface area contributed by atoms with Crippen LogP contribution in [0.1, 0.15) is 43.4 Å². The summed E-state index contributed by atoms with van der Waals surface area (Å²) in [5.74, 6) is 0.566. The number of hydrogen-bond donors (Lipinski definition) is 1. The summed E-state index contributed by atoms with van der Waals surface area (Å²) in [5, 5.41) is 1.07. The van der Waals surface area contributed by atoms with E-state index in [2.05, 4.69) is 61.2 Å². The molecule has 3 aromatic rings. The van der Waals surface area contributed by atoms with Crippen molar-refractivity contribution in [2.75, 3.05) is 36.9 Å². The first-order valence-electron chi connectivity index (χ1n) is 12.0. The van der Waals surface area contributed by atoms with Crippen LogP contribution in [0, 0.1) is 6.92 Å². The zero-order valence-corrected chi connectivity index (χ0v) is 19.5. The maximum Gasteiger partial charge on any atom is 0.210 e. The third-order valence-electron chi connectivity index (χ3n) is 7.14. The number of nitrogen functional groups attached to an aromatic ring is 1. The third-order valence-corrected chi connectivity index (χ3v) is 7.14. The number of likely N-dealkylation sites (tertiary alicyclic amines) is 1. The number of anilines is 2. The predicted octanol–water partition coefficient (Wildman–Crippen LogP) is 4.70. The van der Waals surface area contributed by atoms with Crippen LogP contribution in [0.15, 0.2) is 42.5 Å². The first-order valence-corrected chi connectivity index (χ1v) is 12.0. The van der Waals surface area contributed by atoms with Crippen LogP contribution in [0.3, 0.4) is 0 Å². The largest absolute Gasteiger partial charge is 0.382 e. The molecular weight excluding hydrogens is 412 g/mol. The van der Waals surface area contributed by atoms with Crippen molar-refractivity contribution in [2.45, 2.75) is 45.3 Å². The van der Waals surface area contributed by atoms with Gasteiger partial charge in [-0.25, -0.2) is 4.98 Å². The minimum absolute atomic E-state index is 0.132. The van der Waals surface area contributed by atoms with Crippen molar-refractivity contribution in [3.05, 3.63) is 53.6 Å². The van der Waals surface area contributed by atoms with Crippen LogP contribution in [0.5, 0.6) is 0 Å². The van der Waals surface area contributed by atoms with Gasteiger partial charge in [-0.2, -0.15) is 0 Å². The number of amides is 1. The molecule has 6 nitrogen and oxygen atoms in total. The lowest BCUT2D eigenvalue weighted by molar-refractivity contribution is -0.118. The number of nitrogens with two attached hydrogens (primary N) is 1. The molecule has 2 fully saturated rings. The van der Waals surface area contributed by atoms with Crippen molar-refractivity contribution in [1.29, 1.82) is 0 Å². The lowest BCUT2D eigenvalue weighted by Crippen LogP contribution is -2.42. The molecule has 2 aliphatic rings. The van der Waals surface area contributed by atoms with Crippen LogP contribution < -0.4 is 10.6 Å². The van der Waals surface area contributed by atoms with E-state index in [0.29, 0.717) is 12.4 Å².